The maximum atomic E-state index is 5.67. The number of thiazole rings is 1. The Hall–Kier alpha value is -1.88. The van der Waals surface area contributed by atoms with E-state index in [2.05, 4.69) is 10.1 Å². The normalized spacial score (nSPS) is 11.1. The number of hydrogen-bond donors (Lipinski definition) is 1. The molecule has 1 aromatic carbocycles. The largest absolute Gasteiger partial charge is 0.367 e. The number of aryl methyl sites for hydroxylation is 1. The summed E-state index contributed by atoms with van der Waals surface area (Å²) in [5.41, 5.74) is 8.46. The van der Waals surface area contributed by atoms with Crippen LogP contribution >= 0.6 is 11.3 Å². The van der Waals surface area contributed by atoms with E-state index in [1.165, 1.54) is 4.70 Å². The van der Waals surface area contributed by atoms with Gasteiger partial charge in [-0.25, -0.2) is 4.98 Å². The van der Waals surface area contributed by atoms with Crippen LogP contribution in [0.3, 0.4) is 0 Å². The van der Waals surface area contributed by atoms with Crippen molar-refractivity contribution in [3.8, 4) is 11.1 Å². The molecule has 0 aliphatic carbocycles. The van der Waals surface area contributed by atoms with Crippen LogP contribution in [0.15, 0.2) is 28.9 Å². The number of aromatic nitrogens is 2. The lowest BCUT2D eigenvalue weighted by molar-refractivity contribution is 0.436. The van der Waals surface area contributed by atoms with Crippen molar-refractivity contribution >= 4 is 27.4 Å². The minimum absolute atomic E-state index is 0.339. The molecule has 4 nitrogen and oxygen atoms in total. The first kappa shape index (κ1) is 9.35. The summed E-state index contributed by atoms with van der Waals surface area (Å²) in [6, 6.07) is 6.05. The third-order valence-corrected chi connectivity index (χ3v) is 3.36. The molecule has 0 spiro atoms. The molecule has 0 atom stereocenters. The number of nitrogens with two attached hydrogens (primary N) is 1. The van der Waals surface area contributed by atoms with Crippen LogP contribution in [0.1, 0.15) is 5.01 Å². The molecule has 0 fully saturated rings. The zero-order valence-electron chi connectivity index (χ0n) is 8.60. The van der Waals surface area contributed by atoms with E-state index in [9.17, 15) is 0 Å². The third-order valence-electron chi connectivity index (χ3n) is 2.40. The standard InChI is InChI=1S/C11H9N3OS/c1-6-14-9-4-7(2-3-10(9)16-6)8-5-13-15-11(8)12/h2-5H,12H2,1H3. The Kier molecular flexibility index (Phi) is 1.94. The van der Waals surface area contributed by atoms with Gasteiger partial charge >= 0.3 is 0 Å². The van der Waals surface area contributed by atoms with Crippen LogP contribution in [0.4, 0.5) is 5.88 Å². The number of nitrogen functional groups attached to an aromatic ring is 1. The molecule has 80 valence electrons. The van der Waals surface area contributed by atoms with Crippen LogP contribution in [0, 0.1) is 6.92 Å². The SMILES string of the molecule is Cc1nc2cc(-c3cnoc3N)ccc2s1. The molecule has 0 aliphatic rings. The lowest BCUT2D eigenvalue weighted by Gasteiger charge is -1.96. The number of fused-ring (bicyclic) bond motifs is 1. The van der Waals surface area contributed by atoms with Crippen LogP contribution in [0.25, 0.3) is 21.3 Å². The molecule has 2 aromatic heterocycles. The van der Waals surface area contributed by atoms with Crippen LogP contribution in [0.2, 0.25) is 0 Å². The summed E-state index contributed by atoms with van der Waals surface area (Å²) < 4.78 is 6.02. The van der Waals surface area contributed by atoms with Crippen LogP contribution < -0.4 is 5.73 Å². The summed E-state index contributed by atoms with van der Waals surface area (Å²) in [6.45, 7) is 2.00. The van der Waals surface area contributed by atoms with Gasteiger partial charge < -0.3 is 10.3 Å². The molecule has 5 heteroatoms. The number of hydrogen-bond acceptors (Lipinski definition) is 5. The summed E-state index contributed by atoms with van der Waals surface area (Å²) in [6.07, 6.45) is 1.62. The predicted molar refractivity (Wildman–Crippen MR) is 64.3 cm³/mol. The highest BCUT2D eigenvalue weighted by Gasteiger charge is 2.08. The highest BCUT2D eigenvalue weighted by atomic mass is 32.1. The Balaban J connectivity index is 2.22. The van der Waals surface area contributed by atoms with Crippen LogP contribution in [-0.2, 0) is 0 Å². The van der Waals surface area contributed by atoms with Gasteiger partial charge in [0.05, 0.1) is 27.0 Å². The lowest BCUT2D eigenvalue weighted by atomic mass is 10.1. The average Bonchev–Trinajstić information content (AvgIpc) is 2.81. The summed E-state index contributed by atoms with van der Waals surface area (Å²) in [5, 5.41) is 4.73. The molecular weight excluding hydrogens is 222 g/mol. The Morgan fingerprint density at radius 1 is 1.38 bits per heavy atom. The first-order chi connectivity index (χ1) is 7.74. The van der Waals surface area contributed by atoms with E-state index in [4.69, 9.17) is 10.3 Å². The van der Waals surface area contributed by atoms with Crippen molar-refractivity contribution in [1.29, 1.82) is 0 Å². The van der Waals surface area contributed by atoms with Gasteiger partial charge in [-0.05, 0) is 24.6 Å². The first-order valence-corrected chi connectivity index (χ1v) is 5.63. The van der Waals surface area contributed by atoms with Crippen molar-refractivity contribution < 1.29 is 4.52 Å². The van der Waals surface area contributed by atoms with Crippen LogP contribution in [0.5, 0.6) is 0 Å². The highest BCUT2D eigenvalue weighted by Crippen LogP contribution is 2.30. The molecule has 0 saturated carbocycles. The van der Waals surface area contributed by atoms with Gasteiger partial charge in [0.2, 0.25) is 5.88 Å². The second-order valence-corrected chi connectivity index (χ2v) is 4.75. The van der Waals surface area contributed by atoms with Gasteiger partial charge in [0.15, 0.2) is 0 Å². The molecule has 0 saturated heterocycles. The second kappa shape index (κ2) is 3.31. The topological polar surface area (TPSA) is 64.9 Å². The van der Waals surface area contributed by atoms with Crippen molar-refractivity contribution in [3.63, 3.8) is 0 Å². The molecule has 0 aliphatic heterocycles. The zero-order valence-corrected chi connectivity index (χ0v) is 9.41. The third kappa shape index (κ3) is 1.37. The summed E-state index contributed by atoms with van der Waals surface area (Å²) in [4.78, 5) is 4.44. The summed E-state index contributed by atoms with van der Waals surface area (Å²) in [5.74, 6) is 0.339. The van der Waals surface area contributed by atoms with E-state index in [1.54, 1.807) is 17.5 Å². The Bertz CT molecular complexity index is 656. The summed E-state index contributed by atoms with van der Waals surface area (Å²) >= 11 is 1.68. The van der Waals surface area contributed by atoms with Crippen molar-refractivity contribution in [3.05, 3.63) is 29.4 Å². The van der Waals surface area contributed by atoms with Gasteiger partial charge in [-0.1, -0.05) is 11.2 Å². The van der Waals surface area contributed by atoms with Crippen molar-refractivity contribution in [2.24, 2.45) is 0 Å². The monoisotopic (exact) mass is 231 g/mol. The van der Waals surface area contributed by atoms with E-state index < -0.39 is 0 Å². The number of benzene rings is 1. The van der Waals surface area contributed by atoms with Gasteiger partial charge in [-0.3, -0.25) is 0 Å². The van der Waals surface area contributed by atoms with E-state index in [1.807, 2.05) is 25.1 Å². The molecule has 2 heterocycles. The van der Waals surface area contributed by atoms with E-state index in [0.717, 1.165) is 21.7 Å². The fourth-order valence-corrected chi connectivity index (χ4v) is 2.48. The van der Waals surface area contributed by atoms with E-state index >= 15 is 0 Å². The van der Waals surface area contributed by atoms with Gasteiger partial charge in [0.25, 0.3) is 0 Å². The molecule has 0 bridgehead atoms. The maximum Gasteiger partial charge on any atom is 0.229 e. The average molecular weight is 231 g/mol. The predicted octanol–water partition coefficient (Wildman–Crippen LogP) is 2.84. The number of rotatable bonds is 1. The number of anilines is 1. The highest BCUT2D eigenvalue weighted by molar-refractivity contribution is 7.18. The maximum absolute atomic E-state index is 5.67. The molecule has 2 N–H and O–H groups in total. The number of nitrogens with zero attached hydrogens (tertiary/aromatic N) is 2. The minimum Gasteiger partial charge on any atom is -0.367 e. The smallest absolute Gasteiger partial charge is 0.229 e. The Morgan fingerprint density at radius 3 is 3.00 bits per heavy atom. The fraction of sp³-hybridized carbons (Fsp3) is 0.0909. The lowest BCUT2D eigenvalue weighted by Crippen LogP contribution is -1.84. The van der Waals surface area contributed by atoms with E-state index in [-0.39, 0.29) is 0 Å². The van der Waals surface area contributed by atoms with Crippen molar-refractivity contribution in [2.45, 2.75) is 6.92 Å². The Labute approximate surface area is 95.7 Å². The zero-order chi connectivity index (χ0) is 11.1. The van der Waals surface area contributed by atoms with Gasteiger partial charge in [-0.15, -0.1) is 11.3 Å². The first-order valence-electron chi connectivity index (χ1n) is 4.82. The molecule has 3 rings (SSSR count). The minimum atomic E-state index is 0.339. The molecule has 3 aromatic rings. The van der Waals surface area contributed by atoms with Gasteiger partial charge in [0, 0.05) is 0 Å². The quantitative estimate of drug-likeness (QED) is 0.699. The van der Waals surface area contributed by atoms with Crippen molar-refractivity contribution in [1.82, 2.24) is 10.1 Å². The second-order valence-electron chi connectivity index (χ2n) is 3.52. The molecule has 0 unspecified atom stereocenters. The molecule has 0 amide bonds. The summed E-state index contributed by atoms with van der Waals surface area (Å²) in [7, 11) is 0. The fourth-order valence-electron chi connectivity index (χ4n) is 1.68. The Morgan fingerprint density at radius 2 is 2.25 bits per heavy atom. The van der Waals surface area contributed by atoms with E-state index in [0.29, 0.717) is 5.88 Å². The molecule has 0 radical (unpaired) electrons. The molecule has 16 heavy (non-hydrogen) atoms. The van der Waals surface area contributed by atoms with Crippen molar-refractivity contribution in [2.75, 3.05) is 5.73 Å². The van der Waals surface area contributed by atoms with Gasteiger partial charge in [0.1, 0.15) is 0 Å². The van der Waals surface area contributed by atoms with Crippen LogP contribution in [-0.4, -0.2) is 10.1 Å². The van der Waals surface area contributed by atoms with Gasteiger partial charge in [-0.2, -0.15) is 0 Å². The molecular formula is C11H9N3OS.